The van der Waals surface area contributed by atoms with Crippen LogP contribution in [0.5, 0.6) is 0 Å². The topological polar surface area (TPSA) is 53.8 Å². The van der Waals surface area contributed by atoms with Gasteiger partial charge in [0, 0.05) is 75.2 Å². The molecule has 2 aliphatic heterocycles. The van der Waals surface area contributed by atoms with Crippen LogP contribution >= 0.6 is 11.6 Å². The molecular weight excluding hydrogens is 503 g/mol. The molecule has 2 fully saturated rings. The molecule has 198 valence electrons. The van der Waals surface area contributed by atoms with Gasteiger partial charge in [-0.25, -0.2) is 0 Å². The largest absolute Gasteiger partial charge is 0.417 e. The Morgan fingerprint density at radius 1 is 0.892 bits per heavy atom. The Kier molecular flexibility index (Phi) is 8.83. The molecule has 2 aromatic carbocycles. The molecule has 37 heavy (non-hydrogen) atoms. The van der Waals surface area contributed by atoms with Crippen molar-refractivity contribution in [3.05, 3.63) is 58.6 Å². The molecule has 4 rings (SSSR count). The normalized spacial score (nSPS) is 17.4. The number of halogens is 4. The standard InChI is InChI=1S/C27H31ClF3N5O/c28-22-5-8-23(9-6-22)35-15-13-33(14-16-35)10-1-3-26(37)36-12-2-11-34(17-18-36)24-7-4-21(20-32)25(19-24)27(29,30)31/h4-9,19H,1-3,10-18H2. The first-order valence-electron chi connectivity index (χ1n) is 12.6. The van der Waals surface area contributed by atoms with Crippen molar-refractivity contribution in [2.75, 3.05) is 68.7 Å². The van der Waals surface area contributed by atoms with Crippen molar-refractivity contribution >= 4 is 28.9 Å². The lowest BCUT2D eigenvalue weighted by molar-refractivity contribution is -0.137. The lowest BCUT2D eigenvalue weighted by atomic mass is 10.1. The minimum Gasteiger partial charge on any atom is -0.370 e. The smallest absolute Gasteiger partial charge is 0.370 e. The Balaban J connectivity index is 1.22. The van der Waals surface area contributed by atoms with Crippen LogP contribution in [0.25, 0.3) is 0 Å². The number of carbonyl (C=O) groups is 1. The van der Waals surface area contributed by atoms with E-state index in [1.165, 1.54) is 11.8 Å². The van der Waals surface area contributed by atoms with Crippen molar-refractivity contribution in [1.82, 2.24) is 9.80 Å². The van der Waals surface area contributed by atoms with Crippen LogP contribution in [-0.4, -0.2) is 74.6 Å². The third-order valence-corrected chi connectivity index (χ3v) is 7.32. The van der Waals surface area contributed by atoms with Crippen LogP contribution in [0.15, 0.2) is 42.5 Å². The van der Waals surface area contributed by atoms with E-state index in [1.807, 2.05) is 34.1 Å². The Labute approximate surface area is 220 Å². The highest BCUT2D eigenvalue weighted by Gasteiger charge is 2.34. The molecule has 10 heteroatoms. The molecule has 2 heterocycles. The van der Waals surface area contributed by atoms with Gasteiger partial charge in [0.1, 0.15) is 0 Å². The number of benzene rings is 2. The molecule has 0 spiro atoms. The predicted octanol–water partition coefficient (Wildman–Crippen LogP) is 4.87. The Morgan fingerprint density at radius 3 is 2.22 bits per heavy atom. The minimum atomic E-state index is -4.59. The van der Waals surface area contributed by atoms with Gasteiger partial charge in [0.05, 0.1) is 17.2 Å². The average Bonchev–Trinajstić information content (AvgIpc) is 3.15. The van der Waals surface area contributed by atoms with E-state index in [-0.39, 0.29) is 11.5 Å². The van der Waals surface area contributed by atoms with Gasteiger partial charge in [0.2, 0.25) is 5.91 Å². The molecular formula is C27H31ClF3N5O. The summed E-state index contributed by atoms with van der Waals surface area (Å²) in [6, 6.07) is 13.3. The van der Waals surface area contributed by atoms with Crippen molar-refractivity contribution in [3.63, 3.8) is 0 Å². The zero-order chi connectivity index (χ0) is 26.4. The minimum absolute atomic E-state index is 0.0949. The van der Waals surface area contributed by atoms with Gasteiger partial charge in [-0.05, 0) is 61.9 Å². The van der Waals surface area contributed by atoms with Crippen molar-refractivity contribution in [2.45, 2.75) is 25.4 Å². The quantitative estimate of drug-likeness (QED) is 0.530. The fourth-order valence-corrected chi connectivity index (χ4v) is 5.11. The molecule has 1 amide bonds. The highest BCUT2D eigenvalue weighted by molar-refractivity contribution is 6.30. The highest BCUT2D eigenvalue weighted by Crippen LogP contribution is 2.34. The van der Waals surface area contributed by atoms with Crippen molar-refractivity contribution in [2.24, 2.45) is 0 Å². The molecule has 0 bridgehead atoms. The first-order valence-corrected chi connectivity index (χ1v) is 13.0. The third-order valence-electron chi connectivity index (χ3n) is 7.07. The molecule has 0 atom stereocenters. The fraction of sp³-hybridized carbons (Fsp3) is 0.481. The lowest BCUT2D eigenvalue weighted by Crippen LogP contribution is -2.46. The molecule has 0 radical (unpaired) electrons. The third kappa shape index (κ3) is 7.08. The van der Waals surface area contributed by atoms with Gasteiger partial charge < -0.3 is 14.7 Å². The van der Waals surface area contributed by atoms with Crippen LogP contribution in [0, 0.1) is 11.3 Å². The SMILES string of the molecule is N#Cc1ccc(N2CCCN(C(=O)CCCN3CCN(c4ccc(Cl)cc4)CC3)CC2)cc1C(F)(F)F. The molecule has 0 aliphatic carbocycles. The molecule has 6 nitrogen and oxygen atoms in total. The second-order valence-electron chi connectivity index (χ2n) is 9.47. The summed E-state index contributed by atoms with van der Waals surface area (Å²) in [5, 5.41) is 9.76. The van der Waals surface area contributed by atoms with Crippen LogP contribution in [0.3, 0.4) is 0 Å². The second kappa shape index (κ2) is 12.1. The van der Waals surface area contributed by atoms with E-state index < -0.39 is 11.7 Å². The van der Waals surface area contributed by atoms with Gasteiger partial charge in [0.15, 0.2) is 0 Å². The molecule has 0 N–H and O–H groups in total. The molecule has 2 aromatic rings. The van der Waals surface area contributed by atoms with Gasteiger partial charge in [-0.2, -0.15) is 18.4 Å². The number of nitriles is 1. The zero-order valence-electron chi connectivity index (χ0n) is 20.7. The van der Waals surface area contributed by atoms with E-state index in [0.717, 1.165) is 50.2 Å². The van der Waals surface area contributed by atoms with E-state index in [0.29, 0.717) is 44.7 Å². The number of amides is 1. The van der Waals surface area contributed by atoms with Crippen LogP contribution < -0.4 is 9.80 Å². The van der Waals surface area contributed by atoms with Gasteiger partial charge in [0.25, 0.3) is 0 Å². The molecule has 2 saturated heterocycles. The Hall–Kier alpha value is -2.96. The average molecular weight is 534 g/mol. The molecule has 0 unspecified atom stereocenters. The van der Waals surface area contributed by atoms with E-state index >= 15 is 0 Å². The summed E-state index contributed by atoms with van der Waals surface area (Å²) in [6.07, 6.45) is -2.66. The van der Waals surface area contributed by atoms with Crippen LogP contribution in [0.4, 0.5) is 24.5 Å². The van der Waals surface area contributed by atoms with E-state index in [9.17, 15) is 18.0 Å². The van der Waals surface area contributed by atoms with E-state index in [1.54, 1.807) is 12.1 Å². The van der Waals surface area contributed by atoms with Crippen molar-refractivity contribution in [1.29, 1.82) is 5.26 Å². The van der Waals surface area contributed by atoms with Crippen molar-refractivity contribution in [3.8, 4) is 6.07 Å². The summed E-state index contributed by atoms with van der Waals surface area (Å²) in [4.78, 5) is 21.3. The number of rotatable bonds is 6. The Morgan fingerprint density at radius 2 is 1.54 bits per heavy atom. The number of alkyl halides is 3. The zero-order valence-corrected chi connectivity index (χ0v) is 21.4. The summed E-state index contributed by atoms with van der Waals surface area (Å²) in [6.45, 7) is 6.71. The highest BCUT2D eigenvalue weighted by atomic mass is 35.5. The van der Waals surface area contributed by atoms with Crippen LogP contribution in [-0.2, 0) is 11.0 Å². The van der Waals surface area contributed by atoms with Gasteiger partial charge in [-0.3, -0.25) is 9.69 Å². The number of hydrogen-bond donors (Lipinski definition) is 0. The maximum atomic E-state index is 13.4. The van der Waals surface area contributed by atoms with Crippen molar-refractivity contribution < 1.29 is 18.0 Å². The summed E-state index contributed by atoms with van der Waals surface area (Å²) >= 11 is 5.98. The second-order valence-corrected chi connectivity index (χ2v) is 9.91. The summed E-state index contributed by atoms with van der Waals surface area (Å²) in [5.41, 5.74) is 0.302. The maximum absolute atomic E-state index is 13.4. The number of anilines is 2. The number of hydrogen-bond acceptors (Lipinski definition) is 5. The monoisotopic (exact) mass is 533 g/mol. The number of nitrogens with zero attached hydrogens (tertiary/aromatic N) is 5. The predicted molar refractivity (Wildman–Crippen MR) is 139 cm³/mol. The summed E-state index contributed by atoms with van der Waals surface area (Å²) in [7, 11) is 0. The number of carbonyl (C=O) groups excluding carboxylic acids is 1. The maximum Gasteiger partial charge on any atom is 0.417 e. The molecule has 0 aromatic heterocycles. The number of piperazine rings is 1. The summed E-state index contributed by atoms with van der Waals surface area (Å²) in [5.74, 6) is 0.0949. The van der Waals surface area contributed by atoms with E-state index in [4.69, 9.17) is 16.9 Å². The van der Waals surface area contributed by atoms with Gasteiger partial charge in [-0.15, -0.1) is 0 Å². The van der Waals surface area contributed by atoms with E-state index in [2.05, 4.69) is 9.80 Å². The fourth-order valence-electron chi connectivity index (χ4n) is 4.98. The molecule has 2 aliphatic rings. The first kappa shape index (κ1) is 27.1. The van der Waals surface area contributed by atoms with Gasteiger partial charge in [-0.1, -0.05) is 11.6 Å². The lowest BCUT2D eigenvalue weighted by Gasteiger charge is -2.36. The van der Waals surface area contributed by atoms with Crippen LogP contribution in [0.2, 0.25) is 5.02 Å². The summed E-state index contributed by atoms with van der Waals surface area (Å²) < 4.78 is 40.1. The Bertz CT molecular complexity index is 1110. The first-order chi connectivity index (χ1) is 17.7. The van der Waals surface area contributed by atoms with Crippen LogP contribution in [0.1, 0.15) is 30.4 Å². The molecule has 0 saturated carbocycles. The van der Waals surface area contributed by atoms with Gasteiger partial charge >= 0.3 is 6.18 Å².